The van der Waals surface area contributed by atoms with Crippen molar-refractivity contribution in [2.45, 2.75) is 24.8 Å². The molecule has 0 radical (unpaired) electrons. The van der Waals surface area contributed by atoms with Crippen molar-refractivity contribution in [3.8, 4) is 0 Å². The van der Waals surface area contributed by atoms with Gasteiger partial charge >= 0.3 is 0 Å². The molecular weight excluding hydrogens is 265 g/mol. The third kappa shape index (κ3) is 3.64. The van der Waals surface area contributed by atoms with Crippen molar-refractivity contribution in [2.75, 3.05) is 5.75 Å². The van der Waals surface area contributed by atoms with Crippen LogP contribution < -0.4 is 0 Å². The molecule has 2 aromatic rings. The molecule has 2 rings (SSSR count). The van der Waals surface area contributed by atoms with E-state index in [1.54, 1.807) is 22.9 Å². The summed E-state index contributed by atoms with van der Waals surface area (Å²) in [6.45, 7) is 2.62. The molecule has 0 saturated carbocycles. The van der Waals surface area contributed by atoms with E-state index < -0.39 is 0 Å². The molecule has 1 aromatic carbocycles. The quantitative estimate of drug-likeness (QED) is 0.762. The second kappa shape index (κ2) is 6.47. The number of ketones is 1. The highest BCUT2D eigenvalue weighted by atomic mass is 32.2. The Hall–Kier alpha value is -1.69. The first kappa shape index (κ1) is 13.7. The molecule has 0 N–H and O–H groups in total. The van der Waals surface area contributed by atoms with Gasteiger partial charge < -0.3 is 0 Å². The molecule has 6 heteroatoms. The number of halogens is 1. The molecule has 19 heavy (non-hydrogen) atoms. The normalized spacial score (nSPS) is 10.6. The van der Waals surface area contributed by atoms with Gasteiger partial charge in [0.15, 0.2) is 5.78 Å². The number of nitrogens with zero attached hydrogens (tertiary/aromatic N) is 3. The summed E-state index contributed by atoms with van der Waals surface area (Å²) in [5, 5.41) is 4.01. The fraction of sp³-hybridized carbons (Fsp3) is 0.308. The van der Waals surface area contributed by atoms with Gasteiger partial charge in [-0.05, 0) is 19.1 Å². The predicted octanol–water partition coefficient (Wildman–Crippen LogP) is 2.34. The summed E-state index contributed by atoms with van der Waals surface area (Å²) in [5.41, 5.74) is 0. The Morgan fingerprint density at radius 3 is 2.95 bits per heavy atom. The van der Waals surface area contributed by atoms with Gasteiger partial charge in [-0.3, -0.25) is 4.79 Å². The van der Waals surface area contributed by atoms with Crippen molar-refractivity contribution >= 4 is 17.5 Å². The van der Waals surface area contributed by atoms with Gasteiger partial charge in [0, 0.05) is 11.4 Å². The Bertz CT molecular complexity index is 571. The van der Waals surface area contributed by atoms with Crippen molar-refractivity contribution in [1.29, 1.82) is 0 Å². The Labute approximate surface area is 115 Å². The van der Waals surface area contributed by atoms with Crippen LogP contribution in [0.5, 0.6) is 0 Å². The minimum Gasteiger partial charge on any atom is -0.298 e. The molecule has 0 aliphatic heterocycles. The molecule has 0 bridgehead atoms. The molecule has 100 valence electrons. The van der Waals surface area contributed by atoms with Gasteiger partial charge in [-0.2, -0.15) is 5.10 Å². The van der Waals surface area contributed by atoms with Gasteiger partial charge in [-0.1, -0.05) is 12.1 Å². The van der Waals surface area contributed by atoms with Crippen LogP contribution >= 0.6 is 11.8 Å². The van der Waals surface area contributed by atoms with Crippen molar-refractivity contribution in [1.82, 2.24) is 14.8 Å². The van der Waals surface area contributed by atoms with Crippen LogP contribution in [0.1, 0.15) is 12.7 Å². The van der Waals surface area contributed by atoms with Crippen molar-refractivity contribution in [3.63, 3.8) is 0 Å². The van der Waals surface area contributed by atoms with Gasteiger partial charge in [0.05, 0.1) is 12.2 Å². The minimum atomic E-state index is -0.294. The number of aryl methyl sites for hydroxylation is 1. The largest absolute Gasteiger partial charge is 0.298 e. The number of rotatable bonds is 6. The molecular formula is C13H14FN3OS. The molecule has 0 atom stereocenters. The lowest BCUT2D eigenvalue weighted by Crippen LogP contribution is -2.12. The van der Waals surface area contributed by atoms with E-state index in [1.165, 1.54) is 24.2 Å². The number of hydrogen-bond donors (Lipinski definition) is 0. The van der Waals surface area contributed by atoms with Gasteiger partial charge in [-0.15, -0.1) is 11.8 Å². The van der Waals surface area contributed by atoms with Crippen molar-refractivity contribution < 1.29 is 9.18 Å². The highest BCUT2D eigenvalue weighted by Crippen LogP contribution is 2.21. The Balaban J connectivity index is 1.90. The van der Waals surface area contributed by atoms with E-state index in [2.05, 4.69) is 10.1 Å². The van der Waals surface area contributed by atoms with E-state index in [0.29, 0.717) is 17.3 Å². The third-order valence-electron chi connectivity index (χ3n) is 2.58. The fourth-order valence-electron chi connectivity index (χ4n) is 1.64. The average molecular weight is 279 g/mol. The zero-order valence-corrected chi connectivity index (χ0v) is 11.4. The number of thioether (sulfide) groups is 1. The van der Waals surface area contributed by atoms with Gasteiger partial charge in [0.25, 0.3) is 0 Å². The summed E-state index contributed by atoms with van der Waals surface area (Å²) < 4.78 is 15.1. The number of carbonyl (C=O) groups is 1. The summed E-state index contributed by atoms with van der Waals surface area (Å²) >= 11 is 1.21. The predicted molar refractivity (Wildman–Crippen MR) is 71.5 cm³/mol. The standard InChI is InChI=1S/C13H14FN3OS/c1-2-17-13(15-9-16-17)7-10(18)8-19-12-6-4-3-5-11(12)14/h3-6,9H,2,7-8H2,1H3. The number of hydrogen-bond acceptors (Lipinski definition) is 4. The summed E-state index contributed by atoms with van der Waals surface area (Å²) in [4.78, 5) is 16.4. The Morgan fingerprint density at radius 2 is 2.21 bits per heavy atom. The first-order valence-electron chi connectivity index (χ1n) is 5.96. The third-order valence-corrected chi connectivity index (χ3v) is 3.68. The minimum absolute atomic E-state index is 0.0101. The lowest BCUT2D eigenvalue weighted by molar-refractivity contribution is -0.116. The zero-order valence-electron chi connectivity index (χ0n) is 10.5. The van der Waals surface area contributed by atoms with Crippen LogP contribution in [0.25, 0.3) is 0 Å². The highest BCUT2D eigenvalue weighted by Gasteiger charge is 2.11. The summed E-state index contributed by atoms with van der Waals surface area (Å²) in [5.74, 6) is 0.604. The summed E-state index contributed by atoms with van der Waals surface area (Å²) in [6.07, 6.45) is 1.67. The Morgan fingerprint density at radius 1 is 1.42 bits per heavy atom. The Kier molecular flexibility index (Phi) is 4.68. The van der Waals surface area contributed by atoms with Crippen molar-refractivity contribution in [3.05, 3.63) is 42.2 Å². The maximum Gasteiger partial charge on any atom is 0.150 e. The SMILES string of the molecule is CCn1ncnc1CC(=O)CSc1ccccc1F. The van der Waals surface area contributed by atoms with Crippen LogP contribution in [-0.2, 0) is 17.8 Å². The van der Waals surface area contributed by atoms with Crippen molar-refractivity contribution in [2.24, 2.45) is 0 Å². The van der Waals surface area contributed by atoms with Gasteiger partial charge in [-0.25, -0.2) is 14.1 Å². The van der Waals surface area contributed by atoms with E-state index >= 15 is 0 Å². The van der Waals surface area contributed by atoms with E-state index in [4.69, 9.17) is 0 Å². The summed E-state index contributed by atoms with van der Waals surface area (Å²) in [7, 11) is 0. The zero-order chi connectivity index (χ0) is 13.7. The number of Topliss-reactive ketones (excluding diaryl/α,β-unsaturated/α-hetero) is 1. The molecule has 1 heterocycles. The first-order chi connectivity index (χ1) is 9.20. The molecule has 0 aliphatic rings. The van der Waals surface area contributed by atoms with Gasteiger partial charge in [0.1, 0.15) is 18.0 Å². The lowest BCUT2D eigenvalue weighted by Gasteiger charge is -2.03. The van der Waals surface area contributed by atoms with Crippen LogP contribution in [0.3, 0.4) is 0 Å². The second-order valence-corrected chi connectivity index (χ2v) is 4.94. The molecule has 0 saturated heterocycles. The van der Waals surface area contributed by atoms with E-state index in [-0.39, 0.29) is 23.8 Å². The topological polar surface area (TPSA) is 47.8 Å². The maximum atomic E-state index is 13.4. The van der Waals surface area contributed by atoms with Crippen LogP contribution in [0.4, 0.5) is 4.39 Å². The van der Waals surface area contributed by atoms with Crippen LogP contribution in [0.2, 0.25) is 0 Å². The van der Waals surface area contributed by atoms with E-state index in [1.807, 2.05) is 6.92 Å². The molecule has 0 aliphatic carbocycles. The second-order valence-electron chi connectivity index (χ2n) is 3.93. The summed E-state index contributed by atoms with van der Waals surface area (Å²) in [6, 6.07) is 6.44. The smallest absolute Gasteiger partial charge is 0.150 e. The molecule has 0 fully saturated rings. The number of carbonyl (C=O) groups excluding carboxylic acids is 1. The lowest BCUT2D eigenvalue weighted by atomic mass is 10.3. The van der Waals surface area contributed by atoms with Gasteiger partial charge in [0.2, 0.25) is 0 Å². The fourth-order valence-corrected chi connectivity index (χ4v) is 2.44. The monoisotopic (exact) mass is 279 g/mol. The molecule has 4 nitrogen and oxygen atoms in total. The highest BCUT2D eigenvalue weighted by molar-refractivity contribution is 8.00. The van der Waals surface area contributed by atoms with Crippen LogP contribution in [-0.4, -0.2) is 26.3 Å². The number of benzene rings is 1. The van der Waals surface area contributed by atoms with E-state index in [9.17, 15) is 9.18 Å². The molecule has 0 amide bonds. The van der Waals surface area contributed by atoms with E-state index in [0.717, 1.165) is 0 Å². The van der Waals surface area contributed by atoms with Crippen LogP contribution in [0.15, 0.2) is 35.5 Å². The van der Waals surface area contributed by atoms with Crippen LogP contribution in [0, 0.1) is 5.82 Å². The molecule has 1 aromatic heterocycles. The number of aromatic nitrogens is 3. The maximum absolute atomic E-state index is 13.4. The first-order valence-corrected chi connectivity index (χ1v) is 6.95. The molecule has 0 spiro atoms. The molecule has 0 unspecified atom stereocenters. The average Bonchev–Trinajstić information content (AvgIpc) is 2.85.